The van der Waals surface area contributed by atoms with Crippen molar-refractivity contribution in [3.05, 3.63) is 122 Å². The van der Waals surface area contributed by atoms with Crippen molar-refractivity contribution in [1.29, 1.82) is 0 Å². The zero-order valence-electron chi connectivity index (χ0n) is 44.6. The molecular formula is C63H105NO5. The summed E-state index contributed by atoms with van der Waals surface area (Å²) in [6, 6.07) is -0.748. The number of esters is 1. The van der Waals surface area contributed by atoms with Crippen LogP contribution in [0.25, 0.3) is 0 Å². The first-order valence-corrected chi connectivity index (χ1v) is 28.3. The minimum atomic E-state index is -0.827. The molecule has 69 heavy (non-hydrogen) atoms. The lowest BCUT2D eigenvalue weighted by Gasteiger charge is -2.24. The van der Waals surface area contributed by atoms with Gasteiger partial charge in [0, 0.05) is 12.8 Å². The van der Waals surface area contributed by atoms with Gasteiger partial charge in [0.2, 0.25) is 5.91 Å². The summed E-state index contributed by atoms with van der Waals surface area (Å²) in [6.07, 6.45) is 77.1. The van der Waals surface area contributed by atoms with Crippen molar-refractivity contribution >= 4 is 11.9 Å². The lowest BCUT2D eigenvalue weighted by atomic mass is 10.0. The van der Waals surface area contributed by atoms with Gasteiger partial charge in [0.25, 0.3) is 0 Å². The molecule has 0 bridgehead atoms. The van der Waals surface area contributed by atoms with Gasteiger partial charge < -0.3 is 20.3 Å². The zero-order valence-corrected chi connectivity index (χ0v) is 44.6. The Labute approximate surface area is 425 Å². The summed E-state index contributed by atoms with van der Waals surface area (Å²) in [5.41, 5.74) is 0. The zero-order chi connectivity index (χ0) is 50.2. The molecule has 3 N–H and O–H groups in total. The Morgan fingerprint density at radius 2 is 0.812 bits per heavy atom. The molecule has 0 aromatic rings. The number of hydrogen-bond acceptors (Lipinski definition) is 5. The first-order valence-electron chi connectivity index (χ1n) is 28.3. The van der Waals surface area contributed by atoms with Crippen molar-refractivity contribution in [2.24, 2.45) is 0 Å². The average Bonchev–Trinajstić information content (AvgIpc) is 3.34. The molecular weight excluding hydrogens is 851 g/mol. The Balaban J connectivity index is 4.74. The number of allylic oxidation sites excluding steroid dienone is 19. The maximum atomic E-state index is 13.2. The van der Waals surface area contributed by atoms with E-state index in [2.05, 4.69) is 135 Å². The van der Waals surface area contributed by atoms with Gasteiger partial charge in [-0.1, -0.05) is 251 Å². The van der Waals surface area contributed by atoms with Crippen LogP contribution < -0.4 is 5.32 Å². The Morgan fingerprint density at radius 1 is 0.449 bits per heavy atom. The van der Waals surface area contributed by atoms with E-state index in [0.717, 1.165) is 109 Å². The third kappa shape index (κ3) is 50.5. The molecule has 3 atom stereocenters. The molecule has 0 heterocycles. The van der Waals surface area contributed by atoms with Crippen molar-refractivity contribution in [3.63, 3.8) is 0 Å². The molecule has 0 aliphatic heterocycles. The number of hydrogen-bond donors (Lipinski definition) is 3. The van der Waals surface area contributed by atoms with E-state index in [1.807, 2.05) is 12.2 Å². The predicted molar refractivity (Wildman–Crippen MR) is 300 cm³/mol. The highest BCUT2D eigenvalue weighted by Crippen LogP contribution is 2.16. The van der Waals surface area contributed by atoms with Gasteiger partial charge in [0.15, 0.2) is 0 Å². The summed E-state index contributed by atoms with van der Waals surface area (Å²) in [7, 11) is 0. The van der Waals surface area contributed by atoms with Crippen LogP contribution in [0.2, 0.25) is 0 Å². The van der Waals surface area contributed by atoms with Gasteiger partial charge in [-0.15, -0.1) is 0 Å². The number of rotatable bonds is 49. The molecule has 0 radical (unpaired) electrons. The average molecular weight is 957 g/mol. The van der Waals surface area contributed by atoms with Crippen LogP contribution in [0, 0.1) is 0 Å². The fourth-order valence-electron chi connectivity index (χ4n) is 7.83. The highest BCUT2D eigenvalue weighted by molar-refractivity contribution is 5.77. The fourth-order valence-corrected chi connectivity index (χ4v) is 7.83. The third-order valence-electron chi connectivity index (χ3n) is 12.0. The van der Waals surface area contributed by atoms with E-state index in [-0.39, 0.29) is 24.9 Å². The van der Waals surface area contributed by atoms with Crippen molar-refractivity contribution in [2.75, 3.05) is 6.61 Å². The lowest BCUT2D eigenvalue weighted by Crippen LogP contribution is -2.46. The van der Waals surface area contributed by atoms with E-state index in [1.165, 1.54) is 83.5 Å². The Kier molecular flexibility index (Phi) is 52.2. The van der Waals surface area contributed by atoms with Crippen molar-refractivity contribution in [2.45, 2.75) is 257 Å². The van der Waals surface area contributed by atoms with Crippen molar-refractivity contribution in [1.82, 2.24) is 5.32 Å². The van der Waals surface area contributed by atoms with Crippen LogP contribution in [0.5, 0.6) is 0 Å². The minimum Gasteiger partial charge on any atom is -0.461 e. The Hall–Kier alpha value is -3.74. The molecule has 0 rings (SSSR count). The van der Waals surface area contributed by atoms with E-state index < -0.39 is 18.2 Å². The SMILES string of the molecule is CC/C=C\C/C=C\C/C=C\C/C=C\C/C=C\CCCCCC(=O)OC(C/C=C\C/C=C\C/C=C\C/C=C\C/C=C\CC)CC(=O)NC(CO)C(O)CCCCCCCCCCCCCCCCCC. The van der Waals surface area contributed by atoms with Gasteiger partial charge in [0.1, 0.15) is 6.10 Å². The lowest BCUT2D eigenvalue weighted by molar-refractivity contribution is -0.150. The first-order chi connectivity index (χ1) is 34.0. The van der Waals surface area contributed by atoms with Crippen LogP contribution in [-0.4, -0.2) is 46.9 Å². The van der Waals surface area contributed by atoms with Gasteiger partial charge in [-0.25, -0.2) is 0 Å². The van der Waals surface area contributed by atoms with E-state index >= 15 is 0 Å². The van der Waals surface area contributed by atoms with Crippen LogP contribution in [0.4, 0.5) is 0 Å². The molecule has 0 saturated heterocycles. The number of aliphatic hydroxyl groups excluding tert-OH is 2. The standard InChI is InChI=1S/C63H105NO5/c1-4-7-10-13-16-19-22-25-28-30-31-32-35-38-41-44-47-50-53-56-63(68)69-59(54-51-48-45-42-39-36-33-27-24-21-18-15-12-9-6-3)57-62(67)64-60(58-65)61(66)55-52-49-46-43-40-37-34-29-26-23-20-17-14-11-8-5-2/h7,9-10,12,16,18-19,21,25,27-28,31-33,38-39,41-42,48,51,59-61,65-66H,4-6,8,11,13-15,17,20,22-24,26,29-30,34-37,40,43-47,49-50,52-58H2,1-3H3,(H,64,67)/b10-7-,12-9-,19-16-,21-18-,28-25-,32-31-,33-27-,41-38-,42-39-,51-48-. The summed E-state index contributed by atoms with van der Waals surface area (Å²) < 4.78 is 5.87. The molecule has 6 heteroatoms. The minimum absolute atomic E-state index is 0.0214. The number of amides is 1. The molecule has 0 aliphatic rings. The monoisotopic (exact) mass is 956 g/mol. The number of carbonyl (C=O) groups excluding carboxylic acids is 2. The van der Waals surface area contributed by atoms with Crippen LogP contribution in [-0.2, 0) is 14.3 Å². The van der Waals surface area contributed by atoms with E-state index in [1.54, 1.807) is 0 Å². The van der Waals surface area contributed by atoms with Gasteiger partial charge in [0.05, 0.1) is 25.2 Å². The van der Waals surface area contributed by atoms with Gasteiger partial charge >= 0.3 is 5.97 Å². The predicted octanol–water partition coefficient (Wildman–Crippen LogP) is 17.6. The van der Waals surface area contributed by atoms with Crippen molar-refractivity contribution in [3.8, 4) is 0 Å². The summed E-state index contributed by atoms with van der Waals surface area (Å²) in [5.74, 6) is -0.625. The maximum absolute atomic E-state index is 13.2. The number of carbonyl (C=O) groups is 2. The third-order valence-corrected chi connectivity index (χ3v) is 12.0. The second-order valence-electron chi connectivity index (χ2n) is 18.6. The molecule has 0 aromatic heterocycles. The normalized spacial score (nSPS) is 14.1. The van der Waals surface area contributed by atoms with Gasteiger partial charge in [-0.2, -0.15) is 0 Å². The highest BCUT2D eigenvalue weighted by atomic mass is 16.5. The fraction of sp³-hybridized carbons (Fsp3) is 0.651. The van der Waals surface area contributed by atoms with E-state index in [0.29, 0.717) is 19.3 Å². The smallest absolute Gasteiger partial charge is 0.306 e. The van der Waals surface area contributed by atoms with Crippen LogP contribution in [0.3, 0.4) is 0 Å². The number of ether oxygens (including phenoxy) is 1. The second-order valence-corrected chi connectivity index (χ2v) is 18.6. The summed E-state index contributed by atoms with van der Waals surface area (Å²) in [4.78, 5) is 26.2. The van der Waals surface area contributed by atoms with Crippen molar-refractivity contribution < 1.29 is 24.5 Å². The first kappa shape index (κ1) is 65.3. The number of nitrogens with one attached hydrogen (secondary N) is 1. The maximum Gasteiger partial charge on any atom is 0.306 e. The topological polar surface area (TPSA) is 95.9 Å². The van der Waals surface area contributed by atoms with Crippen LogP contribution >= 0.6 is 0 Å². The summed E-state index contributed by atoms with van der Waals surface area (Å²) in [6.45, 7) is 6.23. The van der Waals surface area contributed by atoms with Crippen LogP contribution in [0.1, 0.15) is 239 Å². The molecule has 392 valence electrons. The molecule has 1 amide bonds. The molecule has 6 nitrogen and oxygen atoms in total. The number of unbranched alkanes of at least 4 members (excludes halogenated alkanes) is 18. The molecule has 0 spiro atoms. The Morgan fingerprint density at radius 3 is 1.22 bits per heavy atom. The van der Waals surface area contributed by atoms with E-state index in [4.69, 9.17) is 4.74 Å². The molecule has 0 aromatic carbocycles. The highest BCUT2D eigenvalue weighted by Gasteiger charge is 2.23. The summed E-state index contributed by atoms with van der Waals surface area (Å²) >= 11 is 0. The molecule has 0 saturated carbocycles. The van der Waals surface area contributed by atoms with Gasteiger partial charge in [-0.05, 0) is 89.9 Å². The molecule has 3 unspecified atom stereocenters. The summed E-state index contributed by atoms with van der Waals surface area (Å²) in [5, 5.41) is 23.8. The largest absolute Gasteiger partial charge is 0.461 e. The van der Waals surface area contributed by atoms with E-state index in [9.17, 15) is 19.8 Å². The second kappa shape index (κ2) is 55.2. The van der Waals surface area contributed by atoms with Crippen LogP contribution in [0.15, 0.2) is 122 Å². The Bertz CT molecular complexity index is 1440. The molecule has 0 aliphatic carbocycles. The van der Waals surface area contributed by atoms with Gasteiger partial charge in [-0.3, -0.25) is 9.59 Å². The number of aliphatic hydroxyl groups is 2. The quantitative estimate of drug-likeness (QED) is 0.0321. The molecule has 0 fully saturated rings.